The molecule has 0 spiro atoms. The smallest absolute Gasteiger partial charge is 0.294 e. The van der Waals surface area contributed by atoms with Crippen molar-refractivity contribution in [1.82, 2.24) is 0 Å². The minimum Gasteiger partial charge on any atom is -0.398 e. The fourth-order valence-corrected chi connectivity index (χ4v) is 3.00. The molecule has 4 nitrogen and oxygen atoms in total. The van der Waals surface area contributed by atoms with Gasteiger partial charge in [0, 0.05) is 11.3 Å². The number of hydrogen-bond acceptors (Lipinski definition) is 3. The van der Waals surface area contributed by atoms with Gasteiger partial charge in [-0.25, -0.2) is 0 Å². The number of aryl methyl sites for hydroxylation is 1. The van der Waals surface area contributed by atoms with Crippen molar-refractivity contribution in [3.63, 3.8) is 0 Å². The second-order valence-corrected chi connectivity index (χ2v) is 7.92. The van der Waals surface area contributed by atoms with E-state index in [4.69, 9.17) is 10.3 Å². The van der Waals surface area contributed by atoms with Gasteiger partial charge in [0.15, 0.2) is 0 Å². The molecule has 0 bridgehead atoms. The number of allylic oxidation sites excluding steroid dienone is 3. The van der Waals surface area contributed by atoms with E-state index < -0.39 is 10.1 Å². The molecule has 0 heterocycles. The first-order valence-corrected chi connectivity index (χ1v) is 10.5. The van der Waals surface area contributed by atoms with Crippen molar-refractivity contribution < 1.29 is 13.0 Å². The van der Waals surface area contributed by atoms with E-state index in [1.54, 1.807) is 12.1 Å². The fraction of sp³-hybridized carbons (Fsp3) is 0.0833. The zero-order chi connectivity index (χ0) is 21.3. The molecule has 0 fully saturated rings. The van der Waals surface area contributed by atoms with Crippen LogP contribution in [0, 0.1) is 6.92 Å². The number of anilines is 1. The highest BCUT2D eigenvalue weighted by Crippen LogP contribution is 2.20. The van der Waals surface area contributed by atoms with Crippen LogP contribution < -0.4 is 5.73 Å². The van der Waals surface area contributed by atoms with Crippen LogP contribution >= 0.6 is 0 Å². The Kier molecular flexibility index (Phi) is 7.95. The quantitative estimate of drug-likeness (QED) is 0.334. The minimum atomic E-state index is -4.02. The van der Waals surface area contributed by atoms with Crippen LogP contribution in [0.1, 0.15) is 23.6 Å². The maximum absolute atomic E-state index is 10.5. The molecule has 5 heteroatoms. The molecule has 0 atom stereocenters. The van der Waals surface area contributed by atoms with Crippen molar-refractivity contribution in [2.24, 2.45) is 0 Å². The summed E-state index contributed by atoms with van der Waals surface area (Å²) in [7, 11) is -4.02. The molecular weight excluding hydrogens is 382 g/mol. The van der Waals surface area contributed by atoms with Gasteiger partial charge >= 0.3 is 0 Å². The van der Waals surface area contributed by atoms with Crippen LogP contribution in [0.3, 0.4) is 0 Å². The molecule has 0 aliphatic carbocycles. The Morgan fingerprint density at radius 2 is 1.48 bits per heavy atom. The lowest BCUT2D eigenvalue weighted by atomic mass is 10.0. The van der Waals surface area contributed by atoms with Crippen molar-refractivity contribution in [1.29, 1.82) is 0 Å². The van der Waals surface area contributed by atoms with Crippen LogP contribution in [-0.2, 0) is 10.1 Å². The summed E-state index contributed by atoms with van der Waals surface area (Å²) < 4.78 is 29.6. The molecule has 29 heavy (non-hydrogen) atoms. The van der Waals surface area contributed by atoms with Crippen molar-refractivity contribution in [3.05, 3.63) is 108 Å². The first-order chi connectivity index (χ1) is 13.8. The molecule has 0 aliphatic rings. The van der Waals surface area contributed by atoms with Crippen LogP contribution in [0.5, 0.6) is 0 Å². The largest absolute Gasteiger partial charge is 0.398 e. The van der Waals surface area contributed by atoms with E-state index in [9.17, 15) is 8.42 Å². The molecule has 0 saturated heterocycles. The maximum Gasteiger partial charge on any atom is 0.294 e. The van der Waals surface area contributed by atoms with Gasteiger partial charge in [-0.2, -0.15) is 8.42 Å². The average Bonchev–Trinajstić information content (AvgIpc) is 2.69. The van der Waals surface area contributed by atoms with E-state index in [1.807, 2.05) is 49.4 Å². The van der Waals surface area contributed by atoms with Crippen LogP contribution in [0.2, 0.25) is 0 Å². The van der Waals surface area contributed by atoms with Gasteiger partial charge in [0.05, 0.1) is 4.90 Å². The minimum absolute atomic E-state index is 0.0666. The molecule has 0 amide bonds. The number of para-hydroxylation sites is 1. The summed E-state index contributed by atoms with van der Waals surface area (Å²) in [5.74, 6) is 0. The normalized spacial score (nSPS) is 11.8. The predicted octanol–water partition coefficient (Wildman–Crippen LogP) is 5.63. The number of nitrogens with two attached hydrogens (primary N) is 1. The molecule has 3 N–H and O–H groups in total. The number of nitrogen functional groups attached to an aromatic ring is 1. The number of rotatable bonds is 4. The Morgan fingerprint density at radius 1 is 0.897 bits per heavy atom. The SMILES string of the molecule is C/C(=C/C=C/c1ccccc1)c1ccccc1N.Cc1ccc(S(=O)(=O)O)cc1. The van der Waals surface area contributed by atoms with Gasteiger partial charge in [0.1, 0.15) is 0 Å². The third-order valence-corrected chi connectivity index (χ3v) is 5.01. The summed E-state index contributed by atoms with van der Waals surface area (Å²) >= 11 is 0. The lowest BCUT2D eigenvalue weighted by Crippen LogP contribution is -1.96. The van der Waals surface area contributed by atoms with E-state index in [-0.39, 0.29) is 4.90 Å². The van der Waals surface area contributed by atoms with Gasteiger partial charge in [0.2, 0.25) is 0 Å². The molecule has 3 aromatic rings. The summed E-state index contributed by atoms with van der Waals surface area (Å²) in [6.07, 6.45) is 6.22. The maximum atomic E-state index is 10.5. The lowest BCUT2D eigenvalue weighted by Gasteiger charge is -2.04. The van der Waals surface area contributed by atoms with Crippen molar-refractivity contribution in [3.8, 4) is 0 Å². The zero-order valence-electron chi connectivity index (χ0n) is 16.5. The molecule has 3 rings (SSSR count). The molecular formula is C24H25NO3S. The van der Waals surface area contributed by atoms with E-state index in [2.05, 4.69) is 37.3 Å². The lowest BCUT2D eigenvalue weighted by molar-refractivity contribution is 0.483. The summed E-state index contributed by atoms with van der Waals surface area (Å²) in [5.41, 5.74) is 11.2. The van der Waals surface area contributed by atoms with Crippen molar-refractivity contribution >= 4 is 27.5 Å². The number of benzene rings is 3. The molecule has 150 valence electrons. The Bertz CT molecular complexity index is 1080. The highest BCUT2D eigenvalue weighted by Gasteiger charge is 2.06. The molecule has 0 unspecified atom stereocenters. The van der Waals surface area contributed by atoms with E-state index in [1.165, 1.54) is 23.3 Å². The zero-order valence-corrected chi connectivity index (χ0v) is 17.3. The Morgan fingerprint density at radius 3 is 2.07 bits per heavy atom. The highest BCUT2D eigenvalue weighted by molar-refractivity contribution is 7.85. The standard InChI is InChI=1S/C17H17N.C7H8O3S/c1-14(16-12-5-6-13-17(16)18)8-7-11-15-9-3-2-4-10-15;1-6-2-4-7(5-3-6)11(8,9)10/h2-13H,18H2,1H3;2-5H,1H3,(H,8,9,10)/b11-7+,14-8-;. The second kappa shape index (κ2) is 10.4. The first kappa shape index (κ1) is 22.1. The average molecular weight is 408 g/mol. The van der Waals surface area contributed by atoms with Gasteiger partial charge in [-0.15, -0.1) is 0 Å². The molecule has 0 aliphatic heterocycles. The monoisotopic (exact) mass is 407 g/mol. The van der Waals surface area contributed by atoms with Gasteiger partial charge in [-0.05, 0) is 43.2 Å². The van der Waals surface area contributed by atoms with Crippen molar-refractivity contribution in [2.45, 2.75) is 18.7 Å². The van der Waals surface area contributed by atoms with E-state index >= 15 is 0 Å². The second-order valence-electron chi connectivity index (χ2n) is 6.49. The van der Waals surface area contributed by atoms with E-state index in [0.29, 0.717) is 0 Å². The Hall–Kier alpha value is -3.15. The highest BCUT2D eigenvalue weighted by atomic mass is 32.2. The summed E-state index contributed by atoms with van der Waals surface area (Å²) in [5, 5.41) is 0. The topological polar surface area (TPSA) is 80.4 Å². The van der Waals surface area contributed by atoms with Crippen molar-refractivity contribution in [2.75, 3.05) is 5.73 Å². The number of hydrogen-bond donors (Lipinski definition) is 2. The summed E-state index contributed by atoms with van der Waals surface area (Å²) in [4.78, 5) is -0.0666. The first-order valence-electron chi connectivity index (χ1n) is 9.06. The van der Waals surface area contributed by atoms with Gasteiger partial charge in [0.25, 0.3) is 10.1 Å². The van der Waals surface area contributed by atoms with Gasteiger partial charge < -0.3 is 5.73 Å². The van der Waals surface area contributed by atoms with E-state index in [0.717, 1.165) is 16.8 Å². The molecule has 0 radical (unpaired) electrons. The summed E-state index contributed by atoms with van der Waals surface area (Å²) in [6, 6.07) is 24.1. The fourth-order valence-electron chi connectivity index (χ4n) is 2.52. The van der Waals surface area contributed by atoms with Gasteiger partial charge in [-0.3, -0.25) is 4.55 Å². The molecule has 0 saturated carbocycles. The van der Waals surface area contributed by atoms with Crippen LogP contribution in [0.25, 0.3) is 11.6 Å². The van der Waals surface area contributed by atoms with Gasteiger partial charge in [-0.1, -0.05) is 84.5 Å². The predicted molar refractivity (Wildman–Crippen MR) is 121 cm³/mol. The van der Waals surface area contributed by atoms with Crippen LogP contribution in [-0.4, -0.2) is 13.0 Å². The molecule has 0 aromatic heterocycles. The third-order valence-electron chi connectivity index (χ3n) is 4.14. The molecule has 3 aromatic carbocycles. The third kappa shape index (κ3) is 7.41. The summed E-state index contributed by atoms with van der Waals surface area (Å²) in [6.45, 7) is 3.91. The van der Waals surface area contributed by atoms with Crippen LogP contribution in [0.4, 0.5) is 5.69 Å². The van der Waals surface area contributed by atoms with Crippen LogP contribution in [0.15, 0.2) is 95.9 Å². The Labute approximate surface area is 172 Å². The Balaban J connectivity index is 0.000000234.